The minimum Gasteiger partial charge on any atom is -0.309 e. The molecule has 1 heterocycles. The lowest BCUT2D eigenvalue weighted by Gasteiger charge is -2.31. The number of fused-ring (bicyclic) bond motifs is 4. The highest BCUT2D eigenvalue weighted by atomic mass is 15.2. The number of hydrogen-bond donors (Lipinski definition) is 0. The van der Waals surface area contributed by atoms with E-state index in [0.717, 1.165) is 45.0 Å². The van der Waals surface area contributed by atoms with Crippen LogP contribution in [0.25, 0.3) is 82.8 Å². The summed E-state index contributed by atoms with van der Waals surface area (Å²) in [5, 5.41) is 4.85. The predicted octanol–water partition coefficient (Wildman–Crippen LogP) is 16.1. The molecule has 0 fully saturated rings. The van der Waals surface area contributed by atoms with Gasteiger partial charge in [0.05, 0.1) is 28.1 Å². The third kappa shape index (κ3) is 6.14. The van der Waals surface area contributed by atoms with E-state index < -0.39 is 0 Å². The zero-order valence-electron chi connectivity index (χ0n) is 33.0. The van der Waals surface area contributed by atoms with Crippen molar-refractivity contribution in [2.45, 2.75) is 0 Å². The van der Waals surface area contributed by atoms with E-state index in [1.165, 1.54) is 54.9 Å². The molecule has 60 heavy (non-hydrogen) atoms. The van der Waals surface area contributed by atoms with Crippen molar-refractivity contribution in [1.29, 1.82) is 0 Å². The maximum absolute atomic E-state index is 2.52. The highest BCUT2D eigenvalue weighted by Crippen LogP contribution is 2.50. The van der Waals surface area contributed by atoms with Gasteiger partial charge in [-0.05, 0) is 92.7 Å². The molecule has 11 rings (SSSR count). The summed E-state index contributed by atoms with van der Waals surface area (Å²) in [7, 11) is 0. The second kappa shape index (κ2) is 15.1. The van der Waals surface area contributed by atoms with E-state index >= 15 is 0 Å². The lowest BCUT2D eigenvalue weighted by molar-refractivity contribution is 1.18. The Morgan fingerprint density at radius 2 is 0.783 bits per heavy atom. The molecule has 0 radical (unpaired) electrons. The zero-order chi connectivity index (χ0) is 39.8. The van der Waals surface area contributed by atoms with Crippen LogP contribution in [0.5, 0.6) is 0 Å². The molecular weight excluding hydrogens is 725 g/mol. The van der Waals surface area contributed by atoms with Gasteiger partial charge in [0.15, 0.2) is 0 Å². The highest BCUT2D eigenvalue weighted by molar-refractivity contribution is 6.17. The average Bonchev–Trinajstić information content (AvgIpc) is 3.68. The van der Waals surface area contributed by atoms with Crippen molar-refractivity contribution in [3.63, 3.8) is 0 Å². The molecule has 282 valence electrons. The second-order valence-corrected chi connectivity index (χ2v) is 15.3. The number of nitrogens with zero attached hydrogens (tertiary/aromatic N) is 2. The average molecular weight is 765 g/mol. The molecule has 1 aromatic heterocycles. The molecule has 0 saturated heterocycles. The summed E-state index contributed by atoms with van der Waals surface area (Å²) < 4.78 is 2.41. The number of benzene rings is 10. The van der Waals surface area contributed by atoms with Crippen LogP contribution in [0.2, 0.25) is 0 Å². The van der Waals surface area contributed by atoms with Gasteiger partial charge in [-0.1, -0.05) is 194 Å². The van der Waals surface area contributed by atoms with Crippen LogP contribution in [0.4, 0.5) is 17.1 Å². The Morgan fingerprint density at radius 3 is 1.57 bits per heavy atom. The lowest BCUT2D eigenvalue weighted by atomic mass is 9.93. The van der Waals surface area contributed by atoms with Gasteiger partial charge in [-0.2, -0.15) is 0 Å². The molecule has 0 aliphatic rings. The molecule has 0 unspecified atom stereocenters. The predicted molar refractivity (Wildman–Crippen MR) is 255 cm³/mol. The molecule has 0 amide bonds. The van der Waals surface area contributed by atoms with E-state index in [1.807, 2.05) is 0 Å². The molecule has 0 bridgehead atoms. The number of rotatable bonds is 8. The second-order valence-electron chi connectivity index (χ2n) is 15.3. The van der Waals surface area contributed by atoms with E-state index in [9.17, 15) is 0 Å². The Hall–Kier alpha value is -7.94. The minimum absolute atomic E-state index is 1.10. The number of hydrogen-bond acceptors (Lipinski definition) is 1. The molecule has 0 atom stereocenters. The van der Waals surface area contributed by atoms with Gasteiger partial charge < -0.3 is 9.47 Å². The van der Waals surface area contributed by atoms with Crippen LogP contribution in [0.1, 0.15) is 0 Å². The number of aromatic nitrogens is 1. The Kier molecular flexibility index (Phi) is 8.87. The van der Waals surface area contributed by atoms with Crippen LogP contribution in [-0.4, -0.2) is 4.57 Å². The molecular formula is C58H40N2. The van der Waals surface area contributed by atoms with Crippen molar-refractivity contribution >= 4 is 49.6 Å². The monoisotopic (exact) mass is 764 g/mol. The summed E-state index contributed by atoms with van der Waals surface area (Å²) in [4.78, 5) is 2.52. The van der Waals surface area contributed by atoms with Crippen LogP contribution >= 0.6 is 0 Å². The van der Waals surface area contributed by atoms with Gasteiger partial charge in [-0.3, -0.25) is 0 Å². The summed E-state index contributed by atoms with van der Waals surface area (Å²) >= 11 is 0. The van der Waals surface area contributed by atoms with Crippen molar-refractivity contribution in [3.8, 4) is 50.2 Å². The Bertz CT molecular complexity index is 3290. The van der Waals surface area contributed by atoms with Crippen molar-refractivity contribution < 1.29 is 0 Å². The topological polar surface area (TPSA) is 8.17 Å². The summed E-state index contributed by atoms with van der Waals surface area (Å²) in [6.07, 6.45) is 0. The standard InChI is InChI=1S/C58H40N2/c1-4-18-41(19-5-1)42-34-36-43(37-35-42)46-38-39-55(52(40-46)45-20-6-2-7-21-45)60(53-30-14-12-27-50(53)49-29-16-23-44-22-10-11-26-48(44)49)57-33-17-32-56-58(57)51-28-13-15-31-54(51)59(56)47-24-8-3-9-25-47/h1-40H. The molecule has 0 spiro atoms. The third-order valence-electron chi connectivity index (χ3n) is 11.8. The fourth-order valence-corrected chi connectivity index (χ4v) is 9.03. The van der Waals surface area contributed by atoms with Gasteiger partial charge in [0, 0.05) is 27.6 Å². The van der Waals surface area contributed by atoms with Crippen LogP contribution < -0.4 is 4.90 Å². The van der Waals surface area contributed by atoms with Crippen LogP contribution in [0.15, 0.2) is 243 Å². The first-order valence-electron chi connectivity index (χ1n) is 20.6. The first-order chi connectivity index (χ1) is 29.8. The van der Waals surface area contributed by atoms with E-state index in [0.29, 0.717) is 0 Å². The fourth-order valence-electron chi connectivity index (χ4n) is 9.03. The molecule has 0 aliphatic carbocycles. The van der Waals surface area contributed by atoms with Gasteiger partial charge in [0.25, 0.3) is 0 Å². The van der Waals surface area contributed by atoms with E-state index in [-0.39, 0.29) is 0 Å². The normalized spacial score (nSPS) is 11.3. The molecule has 0 aliphatic heterocycles. The lowest BCUT2D eigenvalue weighted by Crippen LogP contribution is -2.13. The Labute approximate surface area is 350 Å². The summed E-state index contributed by atoms with van der Waals surface area (Å²) in [6, 6.07) is 88.0. The van der Waals surface area contributed by atoms with Crippen molar-refractivity contribution in [2.75, 3.05) is 4.90 Å². The fraction of sp³-hybridized carbons (Fsp3) is 0. The first kappa shape index (κ1) is 35.2. The first-order valence-corrected chi connectivity index (χ1v) is 20.6. The SMILES string of the molecule is c1ccc(-c2ccc(-c3ccc(N(c4ccccc4-c4cccc5ccccc45)c4cccc5c4c4ccccc4n5-c4ccccc4)c(-c4ccccc4)c3)cc2)cc1. The van der Waals surface area contributed by atoms with Crippen LogP contribution in [0, 0.1) is 0 Å². The molecule has 11 aromatic rings. The van der Waals surface area contributed by atoms with Crippen molar-refractivity contribution in [2.24, 2.45) is 0 Å². The summed E-state index contributed by atoms with van der Waals surface area (Å²) in [6.45, 7) is 0. The molecule has 0 saturated carbocycles. The van der Waals surface area contributed by atoms with Crippen LogP contribution in [-0.2, 0) is 0 Å². The van der Waals surface area contributed by atoms with Gasteiger partial charge in [-0.25, -0.2) is 0 Å². The summed E-state index contributed by atoms with van der Waals surface area (Å²) in [5.74, 6) is 0. The minimum atomic E-state index is 1.10. The van der Waals surface area contributed by atoms with Crippen molar-refractivity contribution in [3.05, 3.63) is 243 Å². The van der Waals surface area contributed by atoms with E-state index in [4.69, 9.17) is 0 Å². The Morgan fingerprint density at radius 1 is 0.283 bits per heavy atom. The van der Waals surface area contributed by atoms with Gasteiger partial charge in [0.1, 0.15) is 0 Å². The van der Waals surface area contributed by atoms with E-state index in [2.05, 4.69) is 252 Å². The number of anilines is 3. The highest BCUT2D eigenvalue weighted by Gasteiger charge is 2.25. The molecule has 2 heteroatoms. The van der Waals surface area contributed by atoms with Gasteiger partial charge in [-0.15, -0.1) is 0 Å². The maximum atomic E-state index is 2.52. The molecule has 0 N–H and O–H groups in total. The van der Waals surface area contributed by atoms with Crippen LogP contribution in [0.3, 0.4) is 0 Å². The van der Waals surface area contributed by atoms with Gasteiger partial charge >= 0.3 is 0 Å². The third-order valence-corrected chi connectivity index (χ3v) is 11.8. The zero-order valence-corrected chi connectivity index (χ0v) is 33.0. The van der Waals surface area contributed by atoms with E-state index in [1.54, 1.807) is 0 Å². The molecule has 2 nitrogen and oxygen atoms in total. The maximum Gasteiger partial charge on any atom is 0.0562 e. The van der Waals surface area contributed by atoms with Crippen molar-refractivity contribution in [1.82, 2.24) is 4.57 Å². The Balaban J connectivity index is 1.20. The smallest absolute Gasteiger partial charge is 0.0562 e. The quantitative estimate of drug-likeness (QED) is 0.150. The molecule has 10 aromatic carbocycles. The largest absolute Gasteiger partial charge is 0.309 e. The summed E-state index contributed by atoms with van der Waals surface area (Å²) in [5.41, 5.74) is 16.2. The van der Waals surface area contributed by atoms with Gasteiger partial charge in [0.2, 0.25) is 0 Å². The number of para-hydroxylation sites is 3.